The van der Waals surface area contributed by atoms with Crippen molar-refractivity contribution >= 4 is 17.3 Å². The van der Waals surface area contributed by atoms with Gasteiger partial charge in [0.25, 0.3) is 0 Å². The first-order chi connectivity index (χ1) is 7.45. The Kier molecular flexibility index (Phi) is 3.02. The average molecular weight is 250 g/mol. The van der Waals surface area contributed by atoms with Crippen LogP contribution in [0.4, 0.5) is 18.9 Å². The van der Waals surface area contributed by atoms with Gasteiger partial charge in [-0.25, -0.2) is 0 Å². The smallest absolute Gasteiger partial charge is 0.382 e. The molecule has 1 aliphatic carbocycles. The lowest BCUT2D eigenvalue weighted by Crippen LogP contribution is -2.27. The highest BCUT2D eigenvalue weighted by molar-refractivity contribution is 6.30. The fourth-order valence-electron chi connectivity index (χ4n) is 1.62. The van der Waals surface area contributed by atoms with E-state index < -0.39 is 11.7 Å². The fraction of sp³-hybridized carbons (Fsp3) is 0.455. The van der Waals surface area contributed by atoms with Crippen LogP contribution in [0.2, 0.25) is 5.02 Å². The van der Waals surface area contributed by atoms with E-state index >= 15 is 0 Å². The molecule has 1 N–H and O–H groups in total. The normalized spacial score (nSPS) is 17.0. The quantitative estimate of drug-likeness (QED) is 0.823. The number of nitrogens with one attached hydrogen (secondary N) is 1. The molecule has 0 aliphatic heterocycles. The van der Waals surface area contributed by atoms with E-state index in [0.717, 1.165) is 31.4 Å². The highest BCUT2D eigenvalue weighted by atomic mass is 35.5. The second-order valence-electron chi connectivity index (χ2n) is 4.00. The summed E-state index contributed by atoms with van der Waals surface area (Å²) in [6.07, 6.45) is -1.20. The van der Waals surface area contributed by atoms with Crippen molar-refractivity contribution in [2.24, 2.45) is 0 Å². The van der Waals surface area contributed by atoms with Crippen LogP contribution in [-0.2, 0) is 6.18 Å². The first-order valence-electron chi connectivity index (χ1n) is 5.09. The third-order valence-electron chi connectivity index (χ3n) is 2.70. The maximum atomic E-state index is 12.5. The number of hydrogen-bond acceptors (Lipinski definition) is 1. The summed E-state index contributed by atoms with van der Waals surface area (Å²) in [6, 6.07) is 3.85. The largest absolute Gasteiger partial charge is 0.416 e. The first-order valence-corrected chi connectivity index (χ1v) is 5.47. The Bertz CT molecular complexity index is 385. The molecule has 1 nitrogen and oxygen atoms in total. The fourth-order valence-corrected chi connectivity index (χ4v) is 1.86. The molecule has 0 amide bonds. The van der Waals surface area contributed by atoms with E-state index in [1.165, 1.54) is 6.07 Å². The molecule has 1 aliphatic rings. The van der Waals surface area contributed by atoms with Crippen molar-refractivity contribution in [3.63, 3.8) is 0 Å². The van der Waals surface area contributed by atoms with E-state index in [1.54, 1.807) is 0 Å². The molecule has 0 bridgehead atoms. The minimum absolute atomic E-state index is 0.108. The maximum Gasteiger partial charge on any atom is 0.416 e. The third kappa shape index (κ3) is 2.61. The van der Waals surface area contributed by atoms with Gasteiger partial charge in [-0.1, -0.05) is 11.6 Å². The van der Waals surface area contributed by atoms with Gasteiger partial charge in [0.2, 0.25) is 0 Å². The van der Waals surface area contributed by atoms with Crippen molar-refractivity contribution in [1.29, 1.82) is 0 Å². The Morgan fingerprint density at radius 3 is 2.38 bits per heavy atom. The van der Waals surface area contributed by atoms with Crippen LogP contribution >= 0.6 is 11.6 Å². The number of hydrogen-bond donors (Lipinski definition) is 1. The third-order valence-corrected chi connectivity index (χ3v) is 2.92. The highest BCUT2D eigenvalue weighted by Gasteiger charge is 2.31. The lowest BCUT2D eigenvalue weighted by atomic mass is 9.93. The minimum atomic E-state index is -4.35. The van der Waals surface area contributed by atoms with Crippen LogP contribution in [0.15, 0.2) is 18.2 Å². The van der Waals surface area contributed by atoms with Crippen LogP contribution in [0.1, 0.15) is 24.8 Å². The van der Waals surface area contributed by atoms with E-state index in [9.17, 15) is 13.2 Å². The van der Waals surface area contributed by atoms with E-state index in [4.69, 9.17) is 11.6 Å². The van der Waals surface area contributed by atoms with Gasteiger partial charge in [-0.15, -0.1) is 0 Å². The summed E-state index contributed by atoms with van der Waals surface area (Å²) >= 11 is 5.66. The molecule has 0 saturated heterocycles. The second kappa shape index (κ2) is 4.17. The molecule has 0 spiro atoms. The number of benzene rings is 1. The molecule has 2 rings (SSSR count). The lowest BCUT2D eigenvalue weighted by Gasteiger charge is -2.27. The van der Waals surface area contributed by atoms with Crippen molar-refractivity contribution < 1.29 is 13.2 Å². The molecule has 0 heterocycles. The Morgan fingerprint density at radius 2 is 1.88 bits per heavy atom. The molecule has 0 radical (unpaired) electrons. The predicted octanol–water partition coefficient (Wildman–Crippen LogP) is 4.32. The Hall–Kier alpha value is -0.900. The van der Waals surface area contributed by atoms with Gasteiger partial charge in [0.05, 0.1) is 5.56 Å². The van der Waals surface area contributed by atoms with Crippen molar-refractivity contribution in [1.82, 2.24) is 0 Å². The summed E-state index contributed by atoms with van der Waals surface area (Å²) in [7, 11) is 0. The second-order valence-corrected chi connectivity index (χ2v) is 4.43. The standard InChI is InChI=1S/C11H11ClF3N/c12-8-4-7(11(13,14)15)5-10(6-8)16-9-2-1-3-9/h4-6,9,16H,1-3H2. The number of rotatable bonds is 2. The molecule has 0 unspecified atom stereocenters. The first kappa shape index (κ1) is 11.6. The van der Waals surface area contributed by atoms with Gasteiger partial charge >= 0.3 is 6.18 Å². The SMILES string of the molecule is FC(F)(F)c1cc(Cl)cc(NC2CCC2)c1. The molecular weight excluding hydrogens is 239 g/mol. The van der Waals surface area contributed by atoms with Gasteiger partial charge in [0, 0.05) is 16.8 Å². The maximum absolute atomic E-state index is 12.5. The summed E-state index contributed by atoms with van der Waals surface area (Å²) in [5.41, 5.74) is -0.258. The van der Waals surface area contributed by atoms with Crippen LogP contribution in [0.5, 0.6) is 0 Å². The average Bonchev–Trinajstić information content (AvgIpc) is 2.09. The molecule has 5 heteroatoms. The zero-order valence-corrected chi connectivity index (χ0v) is 9.20. The zero-order valence-electron chi connectivity index (χ0n) is 8.44. The molecule has 1 aromatic rings. The molecule has 0 aromatic heterocycles. The number of alkyl halides is 3. The van der Waals surface area contributed by atoms with Crippen LogP contribution in [-0.4, -0.2) is 6.04 Å². The topological polar surface area (TPSA) is 12.0 Å². The van der Waals surface area contributed by atoms with Crippen LogP contribution in [0, 0.1) is 0 Å². The van der Waals surface area contributed by atoms with Crippen molar-refractivity contribution in [3.8, 4) is 0 Å². The molecular formula is C11H11ClF3N. The minimum Gasteiger partial charge on any atom is -0.382 e. The van der Waals surface area contributed by atoms with Gasteiger partial charge in [-0.2, -0.15) is 13.2 Å². The zero-order chi connectivity index (χ0) is 11.8. The van der Waals surface area contributed by atoms with Gasteiger partial charge in [0.1, 0.15) is 0 Å². The summed E-state index contributed by atoms with van der Waals surface area (Å²) in [5, 5.41) is 3.16. The van der Waals surface area contributed by atoms with Gasteiger partial charge in [0.15, 0.2) is 0 Å². The Labute approximate surface area is 96.6 Å². The number of halogens is 4. The monoisotopic (exact) mass is 249 g/mol. The molecule has 1 saturated carbocycles. The molecule has 16 heavy (non-hydrogen) atoms. The Morgan fingerprint density at radius 1 is 1.19 bits per heavy atom. The van der Waals surface area contributed by atoms with E-state index in [-0.39, 0.29) is 5.02 Å². The summed E-state index contributed by atoms with van der Waals surface area (Å²) in [5.74, 6) is 0. The van der Waals surface area contributed by atoms with E-state index in [0.29, 0.717) is 11.7 Å². The lowest BCUT2D eigenvalue weighted by molar-refractivity contribution is -0.137. The van der Waals surface area contributed by atoms with Gasteiger partial charge in [-0.3, -0.25) is 0 Å². The molecule has 1 aromatic carbocycles. The van der Waals surface area contributed by atoms with Crippen LogP contribution < -0.4 is 5.32 Å². The van der Waals surface area contributed by atoms with Gasteiger partial charge < -0.3 is 5.32 Å². The summed E-state index contributed by atoms with van der Waals surface area (Å²) < 4.78 is 37.5. The van der Waals surface area contributed by atoms with E-state index in [2.05, 4.69) is 5.32 Å². The molecule has 88 valence electrons. The van der Waals surface area contributed by atoms with Crippen LogP contribution in [0.3, 0.4) is 0 Å². The summed E-state index contributed by atoms with van der Waals surface area (Å²) in [4.78, 5) is 0. The summed E-state index contributed by atoms with van der Waals surface area (Å²) in [6.45, 7) is 0. The van der Waals surface area contributed by atoms with Crippen molar-refractivity contribution in [2.45, 2.75) is 31.5 Å². The van der Waals surface area contributed by atoms with E-state index in [1.807, 2.05) is 0 Å². The Balaban J connectivity index is 2.21. The number of anilines is 1. The molecule has 1 fully saturated rings. The van der Waals surface area contributed by atoms with Crippen molar-refractivity contribution in [2.75, 3.05) is 5.32 Å². The van der Waals surface area contributed by atoms with Gasteiger partial charge in [-0.05, 0) is 37.5 Å². The van der Waals surface area contributed by atoms with Crippen LogP contribution in [0.25, 0.3) is 0 Å². The highest BCUT2D eigenvalue weighted by Crippen LogP contribution is 2.34. The molecule has 0 atom stereocenters. The van der Waals surface area contributed by atoms with Crippen molar-refractivity contribution in [3.05, 3.63) is 28.8 Å². The predicted molar refractivity (Wildman–Crippen MR) is 57.7 cm³/mol.